The number of amides is 2. The molecule has 108 valence electrons. The molecule has 0 aliphatic heterocycles. The predicted octanol–water partition coefficient (Wildman–Crippen LogP) is 0.952. The maximum absolute atomic E-state index is 11.7. The van der Waals surface area contributed by atoms with Crippen molar-refractivity contribution >= 4 is 6.03 Å². The summed E-state index contributed by atoms with van der Waals surface area (Å²) in [5, 5.41) is 14.5. The van der Waals surface area contributed by atoms with E-state index in [2.05, 4.69) is 10.6 Å². The van der Waals surface area contributed by atoms with E-state index in [9.17, 15) is 4.79 Å². The standard InChI is InChI=1S/C13H23N3O3/c1-4-10(9-17)15-13(18)14-8-11(16(2)3)12-6-5-7-19-12/h5-7,10-11,17H,4,8-9H2,1-3H3,(H2,14,15,18). The molecule has 19 heavy (non-hydrogen) atoms. The average molecular weight is 269 g/mol. The number of furan rings is 1. The van der Waals surface area contributed by atoms with E-state index >= 15 is 0 Å². The molecule has 6 nitrogen and oxygen atoms in total. The van der Waals surface area contributed by atoms with Crippen molar-refractivity contribution in [1.29, 1.82) is 0 Å². The number of urea groups is 1. The molecule has 0 aromatic carbocycles. The van der Waals surface area contributed by atoms with Gasteiger partial charge >= 0.3 is 6.03 Å². The van der Waals surface area contributed by atoms with E-state index in [1.165, 1.54) is 0 Å². The molecule has 3 N–H and O–H groups in total. The van der Waals surface area contributed by atoms with Crippen molar-refractivity contribution in [3.8, 4) is 0 Å². The van der Waals surface area contributed by atoms with Crippen LogP contribution < -0.4 is 10.6 Å². The summed E-state index contributed by atoms with van der Waals surface area (Å²) in [6, 6.07) is 3.20. The first-order valence-corrected chi connectivity index (χ1v) is 6.43. The summed E-state index contributed by atoms with van der Waals surface area (Å²) in [7, 11) is 3.85. The van der Waals surface area contributed by atoms with Crippen molar-refractivity contribution in [1.82, 2.24) is 15.5 Å². The predicted molar refractivity (Wildman–Crippen MR) is 72.8 cm³/mol. The monoisotopic (exact) mass is 269 g/mol. The number of aliphatic hydroxyl groups is 1. The number of rotatable bonds is 7. The molecule has 2 unspecified atom stereocenters. The lowest BCUT2D eigenvalue weighted by molar-refractivity contribution is 0.207. The number of likely N-dealkylation sites (N-methyl/N-ethyl adjacent to an activating group) is 1. The molecule has 0 saturated carbocycles. The number of carbonyl (C=O) groups is 1. The highest BCUT2D eigenvalue weighted by Gasteiger charge is 2.18. The number of nitrogens with zero attached hydrogens (tertiary/aromatic N) is 1. The van der Waals surface area contributed by atoms with Gasteiger partial charge in [0.2, 0.25) is 0 Å². The lowest BCUT2D eigenvalue weighted by Crippen LogP contribution is -2.45. The van der Waals surface area contributed by atoms with Crippen LogP contribution in [-0.4, -0.2) is 49.3 Å². The minimum absolute atomic E-state index is 0.0186. The molecule has 1 aromatic rings. The van der Waals surface area contributed by atoms with Crippen molar-refractivity contribution in [2.24, 2.45) is 0 Å². The molecule has 0 aliphatic rings. The molecule has 0 saturated heterocycles. The summed E-state index contributed by atoms with van der Waals surface area (Å²) in [5.74, 6) is 0.805. The highest BCUT2D eigenvalue weighted by molar-refractivity contribution is 5.74. The van der Waals surface area contributed by atoms with Crippen LogP contribution in [0.25, 0.3) is 0 Å². The lowest BCUT2D eigenvalue weighted by atomic mass is 10.2. The van der Waals surface area contributed by atoms with Gasteiger partial charge in [0.05, 0.1) is 25.0 Å². The number of nitrogens with one attached hydrogen (secondary N) is 2. The molecule has 0 radical (unpaired) electrons. The minimum atomic E-state index is -0.278. The van der Waals surface area contributed by atoms with Crippen LogP contribution in [0.4, 0.5) is 4.79 Å². The molecule has 0 bridgehead atoms. The fourth-order valence-corrected chi connectivity index (χ4v) is 1.72. The van der Waals surface area contributed by atoms with Crippen LogP contribution in [0.2, 0.25) is 0 Å². The van der Waals surface area contributed by atoms with E-state index in [1.807, 2.05) is 38.1 Å². The maximum Gasteiger partial charge on any atom is 0.315 e. The Morgan fingerprint density at radius 2 is 2.26 bits per heavy atom. The molecule has 1 rings (SSSR count). The van der Waals surface area contributed by atoms with Crippen LogP contribution in [0.15, 0.2) is 22.8 Å². The second-order valence-electron chi connectivity index (χ2n) is 4.64. The van der Waals surface area contributed by atoms with Crippen molar-refractivity contribution < 1.29 is 14.3 Å². The zero-order valence-electron chi connectivity index (χ0n) is 11.7. The number of hydrogen-bond donors (Lipinski definition) is 3. The van der Waals surface area contributed by atoms with Crippen LogP contribution >= 0.6 is 0 Å². The molecule has 2 amide bonds. The third-order valence-corrected chi connectivity index (χ3v) is 3.00. The second-order valence-corrected chi connectivity index (χ2v) is 4.64. The molecular weight excluding hydrogens is 246 g/mol. The molecule has 2 atom stereocenters. The van der Waals surface area contributed by atoms with E-state index in [0.29, 0.717) is 13.0 Å². The van der Waals surface area contributed by atoms with Crippen LogP contribution in [-0.2, 0) is 0 Å². The van der Waals surface area contributed by atoms with Gasteiger partial charge in [0.15, 0.2) is 0 Å². The van der Waals surface area contributed by atoms with E-state index < -0.39 is 0 Å². The Hall–Kier alpha value is -1.53. The topological polar surface area (TPSA) is 77.7 Å². The van der Waals surface area contributed by atoms with Gasteiger partial charge in [0.25, 0.3) is 0 Å². The Kier molecular flexibility index (Phi) is 6.38. The highest BCUT2D eigenvalue weighted by Crippen LogP contribution is 2.17. The van der Waals surface area contributed by atoms with E-state index in [4.69, 9.17) is 9.52 Å². The smallest absolute Gasteiger partial charge is 0.315 e. The van der Waals surface area contributed by atoms with Gasteiger partial charge in [-0.15, -0.1) is 0 Å². The highest BCUT2D eigenvalue weighted by atomic mass is 16.3. The molecular formula is C13H23N3O3. The average Bonchev–Trinajstić information content (AvgIpc) is 2.89. The third kappa shape index (κ3) is 4.92. The van der Waals surface area contributed by atoms with Crippen molar-refractivity contribution in [2.75, 3.05) is 27.2 Å². The summed E-state index contributed by atoms with van der Waals surface area (Å²) in [6.07, 6.45) is 2.31. The molecule has 0 fully saturated rings. The second kappa shape index (κ2) is 7.81. The Morgan fingerprint density at radius 3 is 2.74 bits per heavy atom. The Morgan fingerprint density at radius 1 is 1.53 bits per heavy atom. The number of aliphatic hydroxyl groups excluding tert-OH is 1. The van der Waals surface area contributed by atoms with Gasteiger partial charge in [-0.05, 0) is 32.6 Å². The van der Waals surface area contributed by atoms with Crippen LogP contribution in [0.3, 0.4) is 0 Å². The first kappa shape index (κ1) is 15.5. The zero-order chi connectivity index (χ0) is 14.3. The van der Waals surface area contributed by atoms with E-state index in [1.54, 1.807) is 6.26 Å². The largest absolute Gasteiger partial charge is 0.468 e. The summed E-state index contributed by atoms with van der Waals surface area (Å²) < 4.78 is 5.36. The van der Waals surface area contributed by atoms with Crippen molar-refractivity contribution in [2.45, 2.75) is 25.4 Å². The number of carbonyl (C=O) groups excluding carboxylic acids is 1. The first-order valence-electron chi connectivity index (χ1n) is 6.43. The van der Waals surface area contributed by atoms with Gasteiger partial charge in [-0.2, -0.15) is 0 Å². The van der Waals surface area contributed by atoms with Gasteiger partial charge in [0, 0.05) is 6.54 Å². The van der Waals surface area contributed by atoms with E-state index in [0.717, 1.165) is 5.76 Å². The van der Waals surface area contributed by atoms with Gasteiger partial charge < -0.3 is 20.2 Å². The Balaban J connectivity index is 2.47. The van der Waals surface area contributed by atoms with Crippen LogP contribution in [0.5, 0.6) is 0 Å². The maximum atomic E-state index is 11.7. The SMILES string of the molecule is CCC(CO)NC(=O)NCC(c1ccco1)N(C)C. The van der Waals surface area contributed by atoms with Gasteiger partial charge in [-0.25, -0.2) is 4.79 Å². The van der Waals surface area contributed by atoms with Gasteiger partial charge in [0.1, 0.15) is 5.76 Å². The Labute approximate surface area is 113 Å². The fourth-order valence-electron chi connectivity index (χ4n) is 1.72. The summed E-state index contributed by atoms with van der Waals surface area (Å²) in [5.41, 5.74) is 0. The zero-order valence-corrected chi connectivity index (χ0v) is 11.7. The first-order chi connectivity index (χ1) is 9.08. The summed E-state index contributed by atoms with van der Waals surface area (Å²) in [6.45, 7) is 2.29. The molecule has 6 heteroatoms. The fraction of sp³-hybridized carbons (Fsp3) is 0.615. The summed E-state index contributed by atoms with van der Waals surface area (Å²) >= 11 is 0. The molecule has 1 heterocycles. The van der Waals surface area contributed by atoms with Crippen LogP contribution in [0.1, 0.15) is 25.1 Å². The van der Waals surface area contributed by atoms with Gasteiger partial charge in [-0.3, -0.25) is 4.90 Å². The number of hydrogen-bond acceptors (Lipinski definition) is 4. The van der Waals surface area contributed by atoms with Crippen molar-refractivity contribution in [3.05, 3.63) is 24.2 Å². The lowest BCUT2D eigenvalue weighted by Gasteiger charge is -2.23. The molecule has 0 aliphatic carbocycles. The Bertz CT molecular complexity index is 361. The normalized spacial score (nSPS) is 14.2. The minimum Gasteiger partial charge on any atom is -0.468 e. The van der Waals surface area contributed by atoms with Crippen LogP contribution in [0, 0.1) is 0 Å². The van der Waals surface area contributed by atoms with E-state index in [-0.39, 0.29) is 24.7 Å². The quantitative estimate of drug-likeness (QED) is 0.689. The molecule has 0 spiro atoms. The van der Waals surface area contributed by atoms with Gasteiger partial charge in [-0.1, -0.05) is 6.92 Å². The molecule has 1 aromatic heterocycles. The van der Waals surface area contributed by atoms with Crippen molar-refractivity contribution in [3.63, 3.8) is 0 Å². The summed E-state index contributed by atoms with van der Waals surface area (Å²) in [4.78, 5) is 13.7. The third-order valence-electron chi connectivity index (χ3n) is 3.00.